The van der Waals surface area contributed by atoms with Crippen LogP contribution in [-0.2, 0) is 14.3 Å². The highest BCUT2D eigenvalue weighted by Gasteiger charge is 2.08. The number of carbonyl (C=O) groups is 1. The fourth-order valence-corrected chi connectivity index (χ4v) is 1.87. The SMILES string of the molecule is CC.CN.O=CCOCCCOCCN1CCCCC1. The summed E-state index contributed by atoms with van der Waals surface area (Å²) >= 11 is 0. The van der Waals surface area contributed by atoms with E-state index in [1.165, 1.54) is 39.4 Å². The number of carbonyl (C=O) groups excluding carboxylic acids is 1. The smallest absolute Gasteiger partial charge is 0.145 e. The van der Waals surface area contributed by atoms with Crippen molar-refractivity contribution in [1.29, 1.82) is 0 Å². The van der Waals surface area contributed by atoms with Crippen LogP contribution in [0.5, 0.6) is 0 Å². The Morgan fingerprint density at radius 1 is 1.00 bits per heavy atom. The average molecular weight is 290 g/mol. The van der Waals surface area contributed by atoms with Gasteiger partial charge < -0.3 is 24.9 Å². The highest BCUT2D eigenvalue weighted by atomic mass is 16.5. The zero-order chi connectivity index (χ0) is 15.5. The molecule has 5 nitrogen and oxygen atoms in total. The molecule has 20 heavy (non-hydrogen) atoms. The highest BCUT2D eigenvalue weighted by Crippen LogP contribution is 2.07. The third kappa shape index (κ3) is 15.6. The van der Waals surface area contributed by atoms with Crippen LogP contribution in [0.2, 0.25) is 0 Å². The summed E-state index contributed by atoms with van der Waals surface area (Å²) in [6, 6.07) is 0. The lowest BCUT2D eigenvalue weighted by Gasteiger charge is -2.26. The van der Waals surface area contributed by atoms with E-state index in [2.05, 4.69) is 10.6 Å². The van der Waals surface area contributed by atoms with Gasteiger partial charge in [0.1, 0.15) is 12.9 Å². The molecule has 5 heteroatoms. The van der Waals surface area contributed by atoms with Gasteiger partial charge in [-0.15, -0.1) is 0 Å². The molecule has 0 aromatic rings. The number of nitrogens with two attached hydrogens (primary N) is 1. The molecule has 0 atom stereocenters. The molecule has 0 unspecified atom stereocenters. The zero-order valence-corrected chi connectivity index (χ0v) is 13.6. The molecule has 0 bridgehead atoms. The molecule has 1 aliphatic heterocycles. The Balaban J connectivity index is 0. The first-order valence-corrected chi connectivity index (χ1v) is 7.82. The third-order valence-electron chi connectivity index (χ3n) is 2.76. The topological polar surface area (TPSA) is 64.8 Å². The first kappa shape index (κ1) is 21.8. The number of hydrogen-bond acceptors (Lipinski definition) is 5. The lowest BCUT2D eigenvalue weighted by molar-refractivity contribution is -0.112. The van der Waals surface area contributed by atoms with E-state index < -0.39 is 0 Å². The second-order valence-electron chi connectivity index (χ2n) is 4.11. The van der Waals surface area contributed by atoms with E-state index in [0.29, 0.717) is 6.61 Å². The number of aldehydes is 1. The molecule has 0 amide bonds. The predicted molar refractivity (Wildman–Crippen MR) is 84.1 cm³/mol. The molecule has 2 N–H and O–H groups in total. The Morgan fingerprint density at radius 2 is 1.60 bits per heavy atom. The Hall–Kier alpha value is -0.490. The minimum atomic E-state index is 0.202. The van der Waals surface area contributed by atoms with Gasteiger partial charge in [0.2, 0.25) is 0 Å². The van der Waals surface area contributed by atoms with E-state index in [-0.39, 0.29) is 6.61 Å². The summed E-state index contributed by atoms with van der Waals surface area (Å²) in [5, 5.41) is 0. The van der Waals surface area contributed by atoms with Crippen molar-refractivity contribution in [2.45, 2.75) is 39.5 Å². The van der Waals surface area contributed by atoms with Gasteiger partial charge in [-0.1, -0.05) is 20.3 Å². The first-order chi connectivity index (χ1) is 9.93. The maximum atomic E-state index is 9.95. The van der Waals surface area contributed by atoms with E-state index in [9.17, 15) is 4.79 Å². The molecule has 1 rings (SSSR count). The number of ether oxygens (including phenoxy) is 2. The third-order valence-corrected chi connectivity index (χ3v) is 2.76. The fourth-order valence-electron chi connectivity index (χ4n) is 1.87. The summed E-state index contributed by atoms with van der Waals surface area (Å²) in [7, 11) is 1.50. The van der Waals surface area contributed by atoms with Gasteiger partial charge in [0.05, 0.1) is 6.61 Å². The maximum Gasteiger partial charge on any atom is 0.145 e. The van der Waals surface area contributed by atoms with E-state index >= 15 is 0 Å². The molecule has 1 heterocycles. The van der Waals surface area contributed by atoms with Crippen LogP contribution in [-0.4, -0.2) is 64.3 Å². The van der Waals surface area contributed by atoms with Crippen LogP contribution in [0.4, 0.5) is 0 Å². The molecular weight excluding hydrogens is 256 g/mol. The van der Waals surface area contributed by atoms with Gasteiger partial charge in [-0.2, -0.15) is 0 Å². The van der Waals surface area contributed by atoms with Crippen LogP contribution < -0.4 is 5.73 Å². The van der Waals surface area contributed by atoms with Crippen molar-refractivity contribution in [2.75, 3.05) is 53.1 Å². The first-order valence-electron chi connectivity index (χ1n) is 7.82. The Bertz CT molecular complexity index is 175. The lowest BCUT2D eigenvalue weighted by atomic mass is 10.1. The van der Waals surface area contributed by atoms with Crippen molar-refractivity contribution in [3.63, 3.8) is 0 Å². The maximum absolute atomic E-state index is 9.95. The summed E-state index contributed by atoms with van der Waals surface area (Å²) in [5.74, 6) is 0. The summed E-state index contributed by atoms with van der Waals surface area (Å²) in [6.07, 6.45) is 5.69. The number of piperidine rings is 1. The number of rotatable bonds is 9. The lowest BCUT2D eigenvalue weighted by Crippen LogP contribution is -2.32. The number of hydrogen-bond donors (Lipinski definition) is 1. The minimum Gasteiger partial charge on any atom is -0.380 e. The van der Waals surface area contributed by atoms with Crippen LogP contribution in [0.1, 0.15) is 39.5 Å². The van der Waals surface area contributed by atoms with Gasteiger partial charge >= 0.3 is 0 Å². The largest absolute Gasteiger partial charge is 0.380 e. The van der Waals surface area contributed by atoms with Crippen LogP contribution in [0.15, 0.2) is 0 Å². The van der Waals surface area contributed by atoms with E-state index in [0.717, 1.165) is 32.5 Å². The van der Waals surface area contributed by atoms with Crippen molar-refractivity contribution in [3.8, 4) is 0 Å². The monoisotopic (exact) mass is 290 g/mol. The van der Waals surface area contributed by atoms with E-state index in [1.54, 1.807) is 0 Å². The molecule has 0 radical (unpaired) electrons. The molecular formula is C15H34N2O3. The quantitative estimate of drug-likeness (QED) is 0.517. The van der Waals surface area contributed by atoms with Gasteiger partial charge in [-0.05, 0) is 39.4 Å². The molecule has 0 spiro atoms. The second-order valence-corrected chi connectivity index (χ2v) is 4.11. The van der Waals surface area contributed by atoms with Gasteiger partial charge in [-0.25, -0.2) is 0 Å². The summed E-state index contributed by atoms with van der Waals surface area (Å²) < 4.78 is 10.5. The predicted octanol–water partition coefficient (Wildman–Crippen LogP) is 1.70. The minimum absolute atomic E-state index is 0.202. The van der Waals surface area contributed by atoms with Crippen LogP contribution in [0.3, 0.4) is 0 Å². The molecule has 0 aromatic heterocycles. The molecule has 1 saturated heterocycles. The van der Waals surface area contributed by atoms with Crippen molar-refractivity contribution in [2.24, 2.45) is 5.73 Å². The standard InChI is InChI=1S/C12H23NO3.C2H6.CH5N/c14-8-12-16-10-4-9-15-11-7-13-5-2-1-3-6-13;2*1-2/h8H,1-7,9-12H2;1-2H3;2H2,1H3. The van der Waals surface area contributed by atoms with Crippen LogP contribution in [0.25, 0.3) is 0 Å². The molecule has 0 aliphatic carbocycles. The summed E-state index contributed by atoms with van der Waals surface area (Å²) in [5.41, 5.74) is 4.50. The van der Waals surface area contributed by atoms with Crippen LogP contribution >= 0.6 is 0 Å². The fraction of sp³-hybridized carbons (Fsp3) is 0.933. The molecule has 0 aromatic carbocycles. The summed E-state index contributed by atoms with van der Waals surface area (Å²) in [6.45, 7) is 9.86. The second kappa shape index (κ2) is 20.8. The van der Waals surface area contributed by atoms with Crippen molar-refractivity contribution in [3.05, 3.63) is 0 Å². The Kier molecular flexibility index (Phi) is 22.7. The van der Waals surface area contributed by atoms with Gasteiger partial charge in [0.15, 0.2) is 0 Å². The molecule has 1 aliphatic rings. The van der Waals surface area contributed by atoms with Crippen LogP contribution in [0, 0.1) is 0 Å². The molecule has 122 valence electrons. The number of likely N-dealkylation sites (tertiary alicyclic amines) is 1. The van der Waals surface area contributed by atoms with E-state index in [1.807, 2.05) is 13.8 Å². The Labute approximate surface area is 124 Å². The van der Waals surface area contributed by atoms with Gasteiger partial charge in [-0.3, -0.25) is 0 Å². The summed E-state index contributed by atoms with van der Waals surface area (Å²) in [4.78, 5) is 12.4. The van der Waals surface area contributed by atoms with Gasteiger partial charge in [0.25, 0.3) is 0 Å². The van der Waals surface area contributed by atoms with Gasteiger partial charge in [0, 0.05) is 19.8 Å². The van der Waals surface area contributed by atoms with Crippen molar-refractivity contribution >= 4 is 6.29 Å². The highest BCUT2D eigenvalue weighted by molar-refractivity contribution is 5.50. The number of nitrogens with zero attached hydrogens (tertiary/aromatic N) is 1. The Morgan fingerprint density at radius 3 is 2.20 bits per heavy atom. The molecule has 1 fully saturated rings. The molecule has 0 saturated carbocycles. The zero-order valence-electron chi connectivity index (χ0n) is 13.6. The van der Waals surface area contributed by atoms with E-state index in [4.69, 9.17) is 9.47 Å². The average Bonchev–Trinajstić information content (AvgIpc) is 2.55. The van der Waals surface area contributed by atoms with Crippen molar-refractivity contribution in [1.82, 2.24) is 4.90 Å². The normalized spacial score (nSPS) is 14.6. The van der Waals surface area contributed by atoms with Crippen molar-refractivity contribution < 1.29 is 14.3 Å².